The zero-order valence-corrected chi connectivity index (χ0v) is 13.6. The molecule has 0 bridgehead atoms. The number of alkyl halides is 1. The van der Waals surface area contributed by atoms with Gasteiger partial charge in [-0.2, -0.15) is 0 Å². The van der Waals surface area contributed by atoms with Gasteiger partial charge in [-0.25, -0.2) is 4.39 Å². The van der Waals surface area contributed by atoms with Crippen molar-refractivity contribution >= 4 is 11.9 Å². The molecule has 0 spiro atoms. The molecule has 0 aliphatic heterocycles. The quantitative estimate of drug-likeness (QED) is 0.851. The van der Waals surface area contributed by atoms with Gasteiger partial charge < -0.3 is 10.4 Å². The molecule has 0 aliphatic rings. The second-order valence-electron chi connectivity index (χ2n) is 5.80. The van der Waals surface area contributed by atoms with Crippen molar-refractivity contribution in [1.82, 2.24) is 5.32 Å². The zero-order chi connectivity index (χ0) is 17.7. The fourth-order valence-electron chi connectivity index (χ4n) is 2.41. The Morgan fingerprint density at radius 3 is 2.12 bits per heavy atom. The number of rotatable bonds is 6. The van der Waals surface area contributed by atoms with Crippen LogP contribution in [-0.4, -0.2) is 17.0 Å². The molecular formula is C19H20FNO3. The van der Waals surface area contributed by atoms with E-state index in [0.717, 1.165) is 5.56 Å². The monoisotopic (exact) mass is 329 g/mol. The second-order valence-corrected chi connectivity index (χ2v) is 5.80. The molecule has 4 nitrogen and oxygen atoms in total. The fraction of sp³-hybridized carbons (Fsp3) is 0.263. The van der Waals surface area contributed by atoms with Gasteiger partial charge in [0.2, 0.25) is 6.17 Å². The van der Waals surface area contributed by atoms with Gasteiger partial charge in [0.1, 0.15) is 0 Å². The molecular weight excluding hydrogens is 309 g/mol. The summed E-state index contributed by atoms with van der Waals surface area (Å²) in [4.78, 5) is 23.6. The first-order chi connectivity index (χ1) is 11.4. The van der Waals surface area contributed by atoms with E-state index in [-0.39, 0.29) is 5.56 Å². The Morgan fingerprint density at radius 1 is 1.00 bits per heavy atom. The Bertz CT molecular complexity index is 700. The lowest BCUT2D eigenvalue weighted by Crippen LogP contribution is -2.37. The van der Waals surface area contributed by atoms with Gasteiger partial charge in [0, 0.05) is 0 Å². The van der Waals surface area contributed by atoms with Crippen LogP contribution in [0.2, 0.25) is 0 Å². The summed E-state index contributed by atoms with van der Waals surface area (Å²) in [5.41, 5.74) is 1.88. The van der Waals surface area contributed by atoms with E-state index < -0.39 is 30.0 Å². The van der Waals surface area contributed by atoms with Gasteiger partial charge in [-0.05, 0) is 25.0 Å². The maximum atomic E-state index is 14.4. The SMILES string of the molecule is Cc1ccc([C@@H](NC(=O)[C@@H](F)c2ccccc2)[C@@H](C)C(=O)O)cc1. The first-order valence-corrected chi connectivity index (χ1v) is 7.69. The van der Waals surface area contributed by atoms with Crippen molar-refractivity contribution in [3.63, 3.8) is 0 Å². The van der Waals surface area contributed by atoms with Crippen LogP contribution in [0.3, 0.4) is 0 Å². The number of carboxylic acid groups (broad SMARTS) is 1. The number of carboxylic acids is 1. The van der Waals surface area contributed by atoms with Crippen molar-refractivity contribution < 1.29 is 19.1 Å². The Labute approximate surface area is 140 Å². The van der Waals surface area contributed by atoms with Crippen molar-refractivity contribution in [2.45, 2.75) is 26.1 Å². The van der Waals surface area contributed by atoms with E-state index in [1.807, 2.05) is 19.1 Å². The molecule has 2 aromatic carbocycles. The summed E-state index contributed by atoms with van der Waals surface area (Å²) in [6.45, 7) is 3.40. The highest BCUT2D eigenvalue weighted by Crippen LogP contribution is 2.25. The van der Waals surface area contributed by atoms with Crippen LogP contribution in [0.25, 0.3) is 0 Å². The summed E-state index contributed by atoms with van der Waals surface area (Å²) in [7, 11) is 0. The van der Waals surface area contributed by atoms with Crippen molar-refractivity contribution in [2.75, 3.05) is 0 Å². The minimum absolute atomic E-state index is 0.237. The second kappa shape index (κ2) is 7.73. The fourth-order valence-corrected chi connectivity index (χ4v) is 2.41. The van der Waals surface area contributed by atoms with Crippen LogP contribution in [0.1, 0.15) is 35.8 Å². The summed E-state index contributed by atoms with van der Waals surface area (Å²) in [5, 5.41) is 11.8. The van der Waals surface area contributed by atoms with Crippen molar-refractivity contribution in [3.8, 4) is 0 Å². The lowest BCUT2D eigenvalue weighted by Gasteiger charge is -2.24. The normalized spacial score (nSPS) is 14.5. The molecule has 3 atom stereocenters. The van der Waals surface area contributed by atoms with Crippen LogP contribution in [0, 0.1) is 12.8 Å². The Hall–Kier alpha value is -2.69. The van der Waals surface area contributed by atoms with Crippen LogP contribution in [-0.2, 0) is 9.59 Å². The predicted molar refractivity (Wildman–Crippen MR) is 89.2 cm³/mol. The number of carbonyl (C=O) groups is 2. The van der Waals surface area contributed by atoms with E-state index in [0.29, 0.717) is 5.56 Å². The number of hydrogen-bond acceptors (Lipinski definition) is 2. The number of aliphatic carboxylic acids is 1. The number of carbonyl (C=O) groups excluding carboxylic acids is 1. The van der Waals surface area contributed by atoms with Crippen LogP contribution >= 0.6 is 0 Å². The maximum absolute atomic E-state index is 14.4. The molecule has 0 fully saturated rings. The van der Waals surface area contributed by atoms with Crippen LogP contribution in [0.5, 0.6) is 0 Å². The van der Waals surface area contributed by atoms with E-state index in [2.05, 4.69) is 5.32 Å². The number of halogens is 1. The minimum atomic E-state index is -1.85. The van der Waals surface area contributed by atoms with Crippen molar-refractivity contribution in [3.05, 3.63) is 71.3 Å². The van der Waals surface area contributed by atoms with Crippen molar-refractivity contribution in [1.29, 1.82) is 0 Å². The molecule has 0 saturated carbocycles. The molecule has 0 heterocycles. The molecule has 2 N–H and O–H groups in total. The average Bonchev–Trinajstić information content (AvgIpc) is 2.59. The topological polar surface area (TPSA) is 66.4 Å². The highest BCUT2D eigenvalue weighted by atomic mass is 19.1. The molecule has 0 unspecified atom stereocenters. The van der Waals surface area contributed by atoms with Gasteiger partial charge in [0.05, 0.1) is 12.0 Å². The summed E-state index contributed by atoms with van der Waals surface area (Å²) in [6.07, 6.45) is -1.85. The molecule has 0 aromatic heterocycles. The van der Waals surface area contributed by atoms with E-state index in [9.17, 15) is 19.1 Å². The summed E-state index contributed by atoms with van der Waals surface area (Å²) in [6, 6.07) is 14.4. The summed E-state index contributed by atoms with van der Waals surface area (Å²) >= 11 is 0. The number of benzene rings is 2. The third-order valence-electron chi connectivity index (χ3n) is 3.95. The van der Waals surface area contributed by atoms with E-state index in [1.165, 1.54) is 19.1 Å². The maximum Gasteiger partial charge on any atom is 0.308 e. The number of hydrogen-bond donors (Lipinski definition) is 2. The van der Waals surface area contributed by atoms with Crippen LogP contribution in [0.15, 0.2) is 54.6 Å². The lowest BCUT2D eigenvalue weighted by molar-refractivity contribution is -0.142. The van der Waals surface area contributed by atoms with Gasteiger partial charge in [0.15, 0.2) is 0 Å². The smallest absolute Gasteiger partial charge is 0.308 e. The molecule has 0 saturated heterocycles. The standard InChI is InChI=1S/C19H20FNO3/c1-12-8-10-15(11-9-12)17(13(2)19(23)24)21-18(22)16(20)14-6-4-3-5-7-14/h3-11,13,16-17H,1-2H3,(H,21,22)(H,23,24)/t13-,16+,17+/m1/s1. The first-order valence-electron chi connectivity index (χ1n) is 7.69. The number of aryl methyl sites for hydroxylation is 1. The molecule has 2 rings (SSSR count). The Morgan fingerprint density at radius 2 is 1.58 bits per heavy atom. The molecule has 0 radical (unpaired) electrons. The Balaban J connectivity index is 2.23. The molecule has 2 aromatic rings. The van der Waals surface area contributed by atoms with Gasteiger partial charge in [-0.3, -0.25) is 9.59 Å². The van der Waals surface area contributed by atoms with E-state index in [1.54, 1.807) is 30.3 Å². The van der Waals surface area contributed by atoms with Gasteiger partial charge in [0.25, 0.3) is 5.91 Å². The predicted octanol–water partition coefficient (Wildman–Crippen LogP) is 3.58. The average molecular weight is 329 g/mol. The van der Waals surface area contributed by atoms with Crippen molar-refractivity contribution in [2.24, 2.45) is 5.92 Å². The summed E-state index contributed by atoms with van der Waals surface area (Å²) in [5.74, 6) is -2.80. The van der Waals surface area contributed by atoms with Crippen LogP contribution in [0.4, 0.5) is 4.39 Å². The molecule has 0 aliphatic carbocycles. The lowest BCUT2D eigenvalue weighted by atomic mass is 9.93. The van der Waals surface area contributed by atoms with E-state index >= 15 is 0 Å². The van der Waals surface area contributed by atoms with Crippen LogP contribution < -0.4 is 5.32 Å². The first kappa shape index (κ1) is 17.7. The minimum Gasteiger partial charge on any atom is -0.481 e. The van der Waals surface area contributed by atoms with Gasteiger partial charge >= 0.3 is 5.97 Å². The molecule has 126 valence electrons. The molecule has 1 amide bonds. The van der Waals surface area contributed by atoms with Gasteiger partial charge in [-0.15, -0.1) is 0 Å². The third kappa shape index (κ3) is 4.19. The highest BCUT2D eigenvalue weighted by molar-refractivity contribution is 5.83. The highest BCUT2D eigenvalue weighted by Gasteiger charge is 2.30. The Kier molecular flexibility index (Phi) is 5.68. The zero-order valence-electron chi connectivity index (χ0n) is 13.6. The largest absolute Gasteiger partial charge is 0.481 e. The molecule has 24 heavy (non-hydrogen) atoms. The summed E-state index contributed by atoms with van der Waals surface area (Å²) < 4.78 is 14.4. The van der Waals surface area contributed by atoms with E-state index in [4.69, 9.17) is 0 Å². The molecule has 5 heteroatoms. The third-order valence-corrected chi connectivity index (χ3v) is 3.95. The number of amides is 1. The van der Waals surface area contributed by atoms with Gasteiger partial charge in [-0.1, -0.05) is 60.2 Å². The number of nitrogens with one attached hydrogen (secondary N) is 1.